The molecule has 0 unspecified atom stereocenters. The first-order valence-electron chi connectivity index (χ1n) is 5.36. The van der Waals surface area contributed by atoms with Gasteiger partial charge in [-0.3, -0.25) is 4.79 Å². The second kappa shape index (κ2) is 6.21. The van der Waals surface area contributed by atoms with Crippen molar-refractivity contribution < 1.29 is 13.2 Å². The molecular weight excluding hydrogens is 256 g/mol. The van der Waals surface area contributed by atoms with Crippen LogP contribution in [0.1, 0.15) is 23.7 Å². The van der Waals surface area contributed by atoms with Crippen LogP contribution in [0, 0.1) is 0 Å². The van der Waals surface area contributed by atoms with E-state index < -0.39 is 9.84 Å². The lowest BCUT2D eigenvalue weighted by Gasteiger charge is -2.02. The molecule has 0 saturated carbocycles. The molecule has 17 heavy (non-hydrogen) atoms. The number of hydrogen-bond acceptors (Lipinski definition) is 4. The van der Waals surface area contributed by atoms with E-state index in [-0.39, 0.29) is 11.5 Å². The van der Waals surface area contributed by atoms with Crippen molar-refractivity contribution in [3.63, 3.8) is 0 Å². The van der Waals surface area contributed by atoms with Crippen LogP contribution in [-0.4, -0.2) is 32.0 Å². The minimum Gasteiger partial charge on any atom is -0.294 e. The molecule has 0 aliphatic carbocycles. The van der Waals surface area contributed by atoms with Crippen molar-refractivity contribution in [2.24, 2.45) is 0 Å². The number of hydrogen-bond donors (Lipinski definition) is 0. The summed E-state index contributed by atoms with van der Waals surface area (Å²) in [7, 11) is -2.89. The molecule has 0 bridgehead atoms. The maximum absolute atomic E-state index is 11.4. The molecular formula is C12H16O3S2. The molecule has 0 aromatic heterocycles. The Morgan fingerprint density at radius 2 is 1.82 bits per heavy atom. The van der Waals surface area contributed by atoms with E-state index >= 15 is 0 Å². The van der Waals surface area contributed by atoms with Gasteiger partial charge in [0.05, 0.1) is 5.75 Å². The molecule has 1 aromatic rings. The van der Waals surface area contributed by atoms with Crippen molar-refractivity contribution in [2.45, 2.75) is 18.2 Å². The Labute approximate surface area is 107 Å². The molecule has 0 radical (unpaired) electrons. The van der Waals surface area contributed by atoms with E-state index in [0.717, 1.165) is 4.90 Å². The number of benzene rings is 1. The van der Waals surface area contributed by atoms with E-state index in [2.05, 4.69) is 0 Å². The van der Waals surface area contributed by atoms with Crippen LogP contribution in [-0.2, 0) is 9.84 Å². The fourth-order valence-electron chi connectivity index (χ4n) is 1.25. The topological polar surface area (TPSA) is 51.2 Å². The summed E-state index contributed by atoms with van der Waals surface area (Å²) < 4.78 is 21.9. The number of carbonyl (C=O) groups excluding carboxylic acids is 1. The fraction of sp³-hybridized carbons (Fsp3) is 0.417. The molecule has 3 nitrogen and oxygen atoms in total. The van der Waals surface area contributed by atoms with E-state index in [4.69, 9.17) is 0 Å². The summed E-state index contributed by atoms with van der Waals surface area (Å²) in [4.78, 5) is 12.4. The van der Waals surface area contributed by atoms with Crippen LogP contribution in [0.4, 0.5) is 0 Å². The highest BCUT2D eigenvalue weighted by atomic mass is 32.2. The smallest absolute Gasteiger partial charge is 0.162 e. The van der Waals surface area contributed by atoms with Gasteiger partial charge in [-0.25, -0.2) is 8.42 Å². The van der Waals surface area contributed by atoms with E-state index in [1.807, 2.05) is 19.1 Å². The summed E-state index contributed by atoms with van der Waals surface area (Å²) in [5.41, 5.74) is 0.708. The summed E-state index contributed by atoms with van der Waals surface area (Å²) in [6.07, 6.45) is 1.73. The van der Waals surface area contributed by atoms with Crippen molar-refractivity contribution >= 4 is 27.4 Å². The van der Waals surface area contributed by atoms with Crippen molar-refractivity contribution in [3.05, 3.63) is 29.8 Å². The highest BCUT2D eigenvalue weighted by Crippen LogP contribution is 2.19. The Bertz CT molecular complexity index is 475. The lowest BCUT2D eigenvalue weighted by Crippen LogP contribution is -2.04. The average molecular weight is 272 g/mol. The van der Waals surface area contributed by atoms with Gasteiger partial charge in [-0.05, 0) is 12.1 Å². The lowest BCUT2D eigenvalue weighted by molar-refractivity contribution is 0.0988. The molecule has 0 amide bonds. The quantitative estimate of drug-likeness (QED) is 0.589. The van der Waals surface area contributed by atoms with Gasteiger partial charge >= 0.3 is 0 Å². The van der Waals surface area contributed by atoms with Gasteiger partial charge in [0, 0.05) is 28.9 Å². The molecule has 0 fully saturated rings. The Morgan fingerprint density at radius 3 is 2.29 bits per heavy atom. The number of Topliss-reactive ketones (excluding diaryl/α,β-unsaturated/α-hetero) is 1. The fourth-order valence-corrected chi connectivity index (χ4v) is 3.36. The van der Waals surface area contributed by atoms with Crippen molar-refractivity contribution in [1.82, 2.24) is 0 Å². The van der Waals surface area contributed by atoms with Gasteiger partial charge in [-0.15, -0.1) is 11.8 Å². The van der Waals surface area contributed by atoms with Gasteiger partial charge in [0.2, 0.25) is 0 Å². The van der Waals surface area contributed by atoms with Crippen LogP contribution < -0.4 is 0 Å². The molecule has 0 heterocycles. The highest BCUT2D eigenvalue weighted by molar-refractivity contribution is 8.00. The average Bonchev–Trinajstić information content (AvgIpc) is 2.27. The van der Waals surface area contributed by atoms with Crippen LogP contribution in [0.5, 0.6) is 0 Å². The number of ketones is 1. The van der Waals surface area contributed by atoms with E-state index in [1.165, 1.54) is 18.0 Å². The zero-order valence-electron chi connectivity index (χ0n) is 9.97. The summed E-state index contributed by atoms with van der Waals surface area (Å²) in [5.74, 6) is 0.838. The van der Waals surface area contributed by atoms with Gasteiger partial charge in [0.1, 0.15) is 9.84 Å². The Kier molecular flexibility index (Phi) is 5.21. The van der Waals surface area contributed by atoms with E-state index in [1.54, 1.807) is 12.1 Å². The van der Waals surface area contributed by atoms with E-state index in [9.17, 15) is 13.2 Å². The first-order chi connectivity index (χ1) is 7.92. The molecule has 1 aromatic carbocycles. The second-order valence-electron chi connectivity index (χ2n) is 3.78. The first-order valence-corrected chi connectivity index (χ1v) is 8.41. The SMILES string of the molecule is CCC(=O)c1ccc(SCCS(C)(=O)=O)cc1. The van der Waals surface area contributed by atoms with Gasteiger partial charge in [0.15, 0.2) is 5.78 Å². The van der Waals surface area contributed by atoms with E-state index in [0.29, 0.717) is 17.7 Å². The minimum absolute atomic E-state index is 0.123. The number of carbonyl (C=O) groups is 1. The summed E-state index contributed by atoms with van der Waals surface area (Å²) in [5, 5.41) is 0. The number of thioether (sulfide) groups is 1. The van der Waals surface area contributed by atoms with Crippen LogP contribution in [0.25, 0.3) is 0 Å². The number of sulfone groups is 1. The summed E-state index contributed by atoms with van der Waals surface area (Å²) in [6.45, 7) is 1.83. The monoisotopic (exact) mass is 272 g/mol. The second-order valence-corrected chi connectivity index (χ2v) is 7.21. The first kappa shape index (κ1) is 14.3. The zero-order valence-corrected chi connectivity index (χ0v) is 11.6. The maximum atomic E-state index is 11.4. The minimum atomic E-state index is -2.89. The van der Waals surface area contributed by atoms with Gasteiger partial charge in [0.25, 0.3) is 0 Å². The third-order valence-electron chi connectivity index (χ3n) is 2.22. The van der Waals surface area contributed by atoms with Crippen molar-refractivity contribution in [3.8, 4) is 0 Å². The van der Waals surface area contributed by atoms with Crippen LogP contribution >= 0.6 is 11.8 Å². The zero-order chi connectivity index (χ0) is 12.9. The van der Waals surface area contributed by atoms with Crippen LogP contribution in [0.15, 0.2) is 29.2 Å². The standard InChI is InChI=1S/C12H16O3S2/c1-3-12(13)10-4-6-11(7-5-10)16-8-9-17(2,14)15/h4-7H,3,8-9H2,1-2H3. The molecule has 0 aliphatic heterocycles. The molecule has 0 N–H and O–H groups in total. The predicted octanol–water partition coefficient (Wildman–Crippen LogP) is 2.42. The molecule has 1 rings (SSSR count). The van der Waals surface area contributed by atoms with Gasteiger partial charge < -0.3 is 0 Å². The summed E-state index contributed by atoms with van der Waals surface area (Å²) >= 11 is 1.48. The van der Waals surface area contributed by atoms with Gasteiger partial charge in [-0.2, -0.15) is 0 Å². The van der Waals surface area contributed by atoms with Crippen LogP contribution in [0.2, 0.25) is 0 Å². The highest BCUT2D eigenvalue weighted by Gasteiger charge is 2.04. The lowest BCUT2D eigenvalue weighted by atomic mass is 10.1. The molecule has 0 saturated heterocycles. The Balaban J connectivity index is 2.54. The molecule has 94 valence electrons. The van der Waals surface area contributed by atoms with Gasteiger partial charge in [-0.1, -0.05) is 19.1 Å². The third kappa shape index (κ3) is 5.37. The van der Waals surface area contributed by atoms with Crippen molar-refractivity contribution in [1.29, 1.82) is 0 Å². The molecule has 0 aliphatic rings. The largest absolute Gasteiger partial charge is 0.294 e. The van der Waals surface area contributed by atoms with Crippen LogP contribution in [0.3, 0.4) is 0 Å². The Hall–Kier alpha value is -0.810. The van der Waals surface area contributed by atoms with Crippen molar-refractivity contribution in [2.75, 3.05) is 17.8 Å². The number of rotatable bonds is 6. The predicted molar refractivity (Wildman–Crippen MR) is 71.5 cm³/mol. The normalized spacial score (nSPS) is 11.4. The molecule has 0 spiro atoms. The third-order valence-corrected chi connectivity index (χ3v) is 4.44. The molecule has 0 atom stereocenters. The molecule has 5 heteroatoms. The summed E-state index contributed by atoms with van der Waals surface area (Å²) in [6, 6.07) is 7.29. The maximum Gasteiger partial charge on any atom is 0.162 e. The Morgan fingerprint density at radius 1 is 1.24 bits per heavy atom.